The highest BCUT2D eigenvalue weighted by Crippen LogP contribution is 2.42. The molecule has 0 amide bonds. The Labute approximate surface area is 134 Å². The molecule has 1 aliphatic carbocycles. The summed E-state index contributed by atoms with van der Waals surface area (Å²) in [6, 6.07) is 2.69. The molecule has 2 rings (SSSR count). The Kier molecular flexibility index (Phi) is 4.79. The molecular formula is C17H24BrF2N. The molecule has 0 spiro atoms. The van der Waals surface area contributed by atoms with Crippen LogP contribution in [0.3, 0.4) is 0 Å². The van der Waals surface area contributed by atoms with Crippen LogP contribution in [0.15, 0.2) is 16.6 Å². The molecule has 0 aromatic heterocycles. The molecule has 1 fully saturated rings. The molecule has 0 aliphatic heterocycles. The first kappa shape index (κ1) is 16.9. The summed E-state index contributed by atoms with van der Waals surface area (Å²) in [6.45, 7) is 6.73. The molecule has 0 heterocycles. The van der Waals surface area contributed by atoms with Crippen LogP contribution < -0.4 is 5.73 Å². The predicted molar refractivity (Wildman–Crippen MR) is 86.1 cm³/mol. The first-order valence-corrected chi connectivity index (χ1v) is 8.33. The predicted octanol–water partition coefficient (Wildman–Crippen LogP) is 5.20. The maximum atomic E-state index is 14.1. The second-order valence-corrected chi connectivity index (χ2v) is 8.36. The van der Waals surface area contributed by atoms with E-state index in [1.54, 1.807) is 0 Å². The zero-order chi connectivity index (χ0) is 15.8. The van der Waals surface area contributed by atoms with Gasteiger partial charge in [-0.15, -0.1) is 0 Å². The van der Waals surface area contributed by atoms with Gasteiger partial charge in [0.25, 0.3) is 0 Å². The van der Waals surface area contributed by atoms with E-state index in [2.05, 4.69) is 36.7 Å². The lowest BCUT2D eigenvalue weighted by Crippen LogP contribution is -2.47. The average Bonchev–Trinajstić information content (AvgIpc) is 2.39. The van der Waals surface area contributed by atoms with E-state index in [4.69, 9.17) is 5.73 Å². The highest BCUT2D eigenvalue weighted by atomic mass is 79.9. The summed E-state index contributed by atoms with van der Waals surface area (Å²) in [6.07, 6.45) is 3.95. The number of rotatable bonds is 2. The molecule has 1 aromatic rings. The summed E-state index contributed by atoms with van der Waals surface area (Å²) in [5, 5.41) is 0. The summed E-state index contributed by atoms with van der Waals surface area (Å²) in [5.41, 5.74) is 6.32. The van der Waals surface area contributed by atoms with Crippen molar-refractivity contribution in [3.63, 3.8) is 0 Å². The van der Waals surface area contributed by atoms with Gasteiger partial charge in [-0.25, -0.2) is 8.78 Å². The lowest BCUT2D eigenvalue weighted by atomic mass is 9.66. The molecule has 1 saturated carbocycles. The van der Waals surface area contributed by atoms with Crippen LogP contribution in [0.1, 0.15) is 52.0 Å². The van der Waals surface area contributed by atoms with E-state index >= 15 is 0 Å². The quantitative estimate of drug-likeness (QED) is 0.721. The van der Waals surface area contributed by atoms with Gasteiger partial charge in [0, 0.05) is 11.1 Å². The van der Waals surface area contributed by atoms with Gasteiger partial charge >= 0.3 is 0 Å². The van der Waals surface area contributed by atoms with Crippen molar-refractivity contribution in [3.8, 4) is 0 Å². The molecule has 0 radical (unpaired) electrons. The summed E-state index contributed by atoms with van der Waals surface area (Å²) in [7, 11) is 0. The first-order chi connectivity index (χ1) is 9.62. The van der Waals surface area contributed by atoms with E-state index in [0.717, 1.165) is 25.7 Å². The molecule has 0 bridgehead atoms. The van der Waals surface area contributed by atoms with Gasteiger partial charge in [0.05, 0.1) is 4.47 Å². The van der Waals surface area contributed by atoms with E-state index in [0.29, 0.717) is 10.4 Å². The molecule has 4 heteroatoms. The van der Waals surface area contributed by atoms with Crippen molar-refractivity contribution < 1.29 is 8.78 Å². The number of hydrogen-bond donors (Lipinski definition) is 1. The highest BCUT2D eigenvalue weighted by molar-refractivity contribution is 9.10. The van der Waals surface area contributed by atoms with Gasteiger partial charge in [0.2, 0.25) is 0 Å². The number of benzene rings is 1. The van der Waals surface area contributed by atoms with Crippen molar-refractivity contribution in [2.24, 2.45) is 17.1 Å². The van der Waals surface area contributed by atoms with Crippen LogP contribution in [0.5, 0.6) is 0 Å². The van der Waals surface area contributed by atoms with Gasteiger partial charge in [-0.05, 0) is 71.5 Å². The molecule has 0 unspecified atom stereocenters. The standard InChI is InChI=1S/C17H24BrF2N/c1-16(2,3)11-6-8-17(21,9-7-11)10-12-14(19)5-4-13(18)15(12)20/h4-5,11H,6-10,21H2,1-3H3. The molecule has 1 aromatic carbocycles. The molecule has 1 aliphatic rings. The van der Waals surface area contributed by atoms with Crippen LogP contribution in [0.25, 0.3) is 0 Å². The van der Waals surface area contributed by atoms with Gasteiger partial charge < -0.3 is 5.73 Å². The Bertz CT molecular complexity index is 514. The largest absolute Gasteiger partial charge is 0.325 e. The fraction of sp³-hybridized carbons (Fsp3) is 0.647. The van der Waals surface area contributed by atoms with Gasteiger partial charge in [-0.2, -0.15) is 0 Å². The SMILES string of the molecule is CC(C)(C)C1CCC(N)(Cc2c(F)ccc(Br)c2F)CC1. The lowest BCUT2D eigenvalue weighted by molar-refractivity contribution is 0.133. The summed E-state index contributed by atoms with van der Waals surface area (Å²) >= 11 is 3.12. The molecule has 118 valence electrons. The molecule has 21 heavy (non-hydrogen) atoms. The summed E-state index contributed by atoms with van der Waals surface area (Å²) < 4.78 is 28.3. The van der Waals surface area contributed by atoms with E-state index < -0.39 is 17.2 Å². The smallest absolute Gasteiger partial charge is 0.143 e. The van der Waals surface area contributed by atoms with E-state index in [1.807, 2.05) is 0 Å². The third kappa shape index (κ3) is 3.84. The summed E-state index contributed by atoms with van der Waals surface area (Å²) in [4.78, 5) is 0. The number of nitrogens with two attached hydrogens (primary N) is 1. The molecular weight excluding hydrogens is 336 g/mol. The Morgan fingerprint density at radius 2 is 1.81 bits per heavy atom. The van der Waals surface area contributed by atoms with Crippen molar-refractivity contribution in [2.75, 3.05) is 0 Å². The monoisotopic (exact) mass is 359 g/mol. The fourth-order valence-corrected chi connectivity index (χ4v) is 3.69. The zero-order valence-corrected chi connectivity index (χ0v) is 14.6. The van der Waals surface area contributed by atoms with E-state index in [-0.39, 0.29) is 17.4 Å². The van der Waals surface area contributed by atoms with Gasteiger partial charge in [-0.3, -0.25) is 0 Å². The topological polar surface area (TPSA) is 26.0 Å². The van der Waals surface area contributed by atoms with Crippen molar-refractivity contribution in [3.05, 3.63) is 33.8 Å². The zero-order valence-electron chi connectivity index (χ0n) is 13.0. The van der Waals surface area contributed by atoms with Gasteiger partial charge in [-0.1, -0.05) is 20.8 Å². The molecule has 0 atom stereocenters. The molecule has 1 nitrogen and oxygen atoms in total. The minimum Gasteiger partial charge on any atom is -0.325 e. The van der Waals surface area contributed by atoms with Crippen molar-refractivity contribution in [1.29, 1.82) is 0 Å². The Morgan fingerprint density at radius 3 is 2.33 bits per heavy atom. The van der Waals surface area contributed by atoms with Gasteiger partial charge in [0.15, 0.2) is 0 Å². The molecule has 0 saturated heterocycles. The lowest BCUT2D eigenvalue weighted by Gasteiger charge is -2.42. The second kappa shape index (κ2) is 5.96. The van der Waals surface area contributed by atoms with E-state index in [9.17, 15) is 8.78 Å². The fourth-order valence-electron chi connectivity index (χ4n) is 3.32. The average molecular weight is 360 g/mol. The van der Waals surface area contributed by atoms with Gasteiger partial charge in [0.1, 0.15) is 11.6 Å². The minimum absolute atomic E-state index is 0.112. The van der Waals surface area contributed by atoms with Crippen LogP contribution in [0.4, 0.5) is 8.78 Å². The maximum absolute atomic E-state index is 14.1. The number of halogens is 3. The number of hydrogen-bond acceptors (Lipinski definition) is 1. The maximum Gasteiger partial charge on any atom is 0.143 e. The Hall–Kier alpha value is -0.480. The van der Waals surface area contributed by atoms with Crippen LogP contribution >= 0.6 is 15.9 Å². The minimum atomic E-state index is -0.516. The first-order valence-electron chi connectivity index (χ1n) is 7.54. The van der Waals surface area contributed by atoms with Crippen LogP contribution in [-0.4, -0.2) is 5.54 Å². The Balaban J connectivity index is 2.13. The third-order valence-corrected chi connectivity index (χ3v) is 5.49. The normalized spacial score (nSPS) is 26.9. The van der Waals surface area contributed by atoms with E-state index in [1.165, 1.54) is 12.1 Å². The van der Waals surface area contributed by atoms with Crippen LogP contribution in [0, 0.1) is 23.0 Å². The van der Waals surface area contributed by atoms with Crippen LogP contribution in [-0.2, 0) is 6.42 Å². The van der Waals surface area contributed by atoms with Crippen molar-refractivity contribution in [2.45, 2.75) is 58.4 Å². The molecule has 2 N–H and O–H groups in total. The second-order valence-electron chi connectivity index (χ2n) is 7.50. The van der Waals surface area contributed by atoms with Crippen molar-refractivity contribution in [1.82, 2.24) is 0 Å². The Morgan fingerprint density at radius 1 is 1.24 bits per heavy atom. The van der Waals surface area contributed by atoms with Crippen molar-refractivity contribution >= 4 is 15.9 Å². The third-order valence-electron chi connectivity index (χ3n) is 4.87. The summed E-state index contributed by atoms with van der Waals surface area (Å²) in [5.74, 6) is -0.386. The van der Waals surface area contributed by atoms with Crippen LogP contribution in [0.2, 0.25) is 0 Å². The highest BCUT2D eigenvalue weighted by Gasteiger charge is 2.37.